The molecule has 4 nitrogen and oxygen atoms in total. The molecule has 138 valence electrons. The summed E-state index contributed by atoms with van der Waals surface area (Å²) in [4.78, 5) is 14.8. The van der Waals surface area contributed by atoms with E-state index in [9.17, 15) is 4.79 Å². The Morgan fingerprint density at radius 3 is 2.44 bits per heavy atom. The highest BCUT2D eigenvalue weighted by Gasteiger charge is 2.22. The van der Waals surface area contributed by atoms with Crippen LogP contribution in [0, 0.1) is 5.92 Å². The lowest BCUT2D eigenvalue weighted by molar-refractivity contribution is 0.0936. The van der Waals surface area contributed by atoms with Crippen LogP contribution in [0.2, 0.25) is 10.0 Å². The minimum Gasteiger partial charge on any atom is -0.352 e. The van der Waals surface area contributed by atoms with Gasteiger partial charge in [-0.1, -0.05) is 35.1 Å². The number of nitrogens with one attached hydrogen (secondary N) is 2. The molecule has 1 aliphatic heterocycles. The third kappa shape index (κ3) is 6.65. The first-order chi connectivity index (χ1) is 12.1. The van der Waals surface area contributed by atoms with Gasteiger partial charge in [0.1, 0.15) is 0 Å². The van der Waals surface area contributed by atoms with Crippen molar-refractivity contribution in [1.82, 2.24) is 14.9 Å². The monoisotopic (exact) mass is 401 g/mol. The maximum atomic E-state index is 12.2. The molecule has 2 N–H and O–H groups in total. The Bertz CT molecular complexity index is 569. The second-order valence-corrected chi connectivity index (χ2v) is 8.93. The SMILES string of the molecule is O=C(NCC1CCN(CCNSC2CC2)CC1)c1cc(Cl)cc(Cl)c1. The minimum atomic E-state index is -0.104. The Morgan fingerprint density at radius 1 is 1.12 bits per heavy atom. The van der Waals surface area contributed by atoms with E-state index in [-0.39, 0.29) is 5.91 Å². The highest BCUT2D eigenvalue weighted by Crippen LogP contribution is 2.31. The molecule has 1 aromatic carbocycles. The number of likely N-dealkylation sites (tertiary alicyclic amines) is 1. The quantitative estimate of drug-likeness (QED) is 0.512. The van der Waals surface area contributed by atoms with E-state index in [4.69, 9.17) is 23.2 Å². The van der Waals surface area contributed by atoms with Gasteiger partial charge in [-0.3, -0.25) is 9.52 Å². The molecule has 25 heavy (non-hydrogen) atoms. The number of nitrogens with zero attached hydrogens (tertiary/aromatic N) is 1. The molecular weight excluding hydrogens is 377 g/mol. The average Bonchev–Trinajstić information content (AvgIpc) is 3.41. The molecule has 0 atom stereocenters. The number of rotatable bonds is 8. The van der Waals surface area contributed by atoms with Gasteiger partial charge in [-0.25, -0.2) is 0 Å². The van der Waals surface area contributed by atoms with Crippen molar-refractivity contribution in [3.05, 3.63) is 33.8 Å². The number of piperidine rings is 1. The van der Waals surface area contributed by atoms with Gasteiger partial charge in [0.05, 0.1) is 0 Å². The van der Waals surface area contributed by atoms with Gasteiger partial charge in [0.2, 0.25) is 0 Å². The summed E-state index contributed by atoms with van der Waals surface area (Å²) < 4.78 is 3.47. The molecule has 0 unspecified atom stereocenters. The van der Waals surface area contributed by atoms with Crippen LogP contribution in [0.1, 0.15) is 36.0 Å². The lowest BCUT2D eigenvalue weighted by Gasteiger charge is -2.32. The zero-order valence-electron chi connectivity index (χ0n) is 14.3. The Hall–Kier alpha value is -0.460. The van der Waals surface area contributed by atoms with Crippen molar-refractivity contribution in [2.45, 2.75) is 30.9 Å². The Labute approximate surface area is 164 Å². The molecule has 1 aromatic rings. The maximum absolute atomic E-state index is 12.2. The van der Waals surface area contributed by atoms with E-state index in [0.29, 0.717) is 28.1 Å². The van der Waals surface area contributed by atoms with E-state index < -0.39 is 0 Å². The summed E-state index contributed by atoms with van der Waals surface area (Å²) in [7, 11) is 0. The molecule has 2 fully saturated rings. The van der Waals surface area contributed by atoms with Gasteiger partial charge in [-0.2, -0.15) is 0 Å². The van der Waals surface area contributed by atoms with Crippen LogP contribution in [-0.4, -0.2) is 48.8 Å². The molecule has 1 saturated heterocycles. The average molecular weight is 402 g/mol. The first-order valence-corrected chi connectivity index (χ1v) is 10.6. The van der Waals surface area contributed by atoms with Crippen LogP contribution in [-0.2, 0) is 0 Å². The molecule has 0 bridgehead atoms. The lowest BCUT2D eigenvalue weighted by Crippen LogP contribution is -2.40. The minimum absolute atomic E-state index is 0.104. The first kappa shape index (κ1) is 19.3. The summed E-state index contributed by atoms with van der Waals surface area (Å²) in [6.45, 7) is 5.10. The fourth-order valence-corrected chi connectivity index (χ4v) is 4.35. The maximum Gasteiger partial charge on any atom is 0.251 e. The largest absolute Gasteiger partial charge is 0.352 e. The molecular formula is C18H25Cl2N3OS. The van der Waals surface area contributed by atoms with E-state index in [1.54, 1.807) is 18.2 Å². The predicted molar refractivity (Wildman–Crippen MR) is 107 cm³/mol. The smallest absolute Gasteiger partial charge is 0.251 e. The third-order valence-corrected chi connectivity index (χ3v) is 6.30. The van der Waals surface area contributed by atoms with Crippen LogP contribution in [0.5, 0.6) is 0 Å². The molecule has 1 aliphatic carbocycles. The molecule has 1 saturated carbocycles. The molecule has 0 radical (unpaired) electrons. The number of amides is 1. The van der Waals surface area contributed by atoms with Gasteiger partial charge in [-0.05, 0) is 62.9 Å². The zero-order chi connectivity index (χ0) is 17.6. The van der Waals surface area contributed by atoms with Crippen molar-refractivity contribution < 1.29 is 4.79 Å². The lowest BCUT2D eigenvalue weighted by atomic mass is 9.96. The van der Waals surface area contributed by atoms with Crippen molar-refractivity contribution in [3.63, 3.8) is 0 Å². The third-order valence-electron chi connectivity index (χ3n) is 4.69. The number of hydrogen-bond donors (Lipinski definition) is 2. The summed E-state index contributed by atoms with van der Waals surface area (Å²) in [5.41, 5.74) is 0.522. The normalized spacial score (nSPS) is 19.1. The van der Waals surface area contributed by atoms with Crippen molar-refractivity contribution in [3.8, 4) is 0 Å². The van der Waals surface area contributed by atoms with Gasteiger partial charge in [0.15, 0.2) is 0 Å². The number of benzene rings is 1. The van der Waals surface area contributed by atoms with E-state index in [2.05, 4.69) is 14.9 Å². The molecule has 2 aliphatic rings. The van der Waals surface area contributed by atoms with Crippen LogP contribution in [0.4, 0.5) is 0 Å². The molecule has 0 aromatic heterocycles. The van der Waals surface area contributed by atoms with E-state index >= 15 is 0 Å². The molecule has 7 heteroatoms. The number of carbonyl (C=O) groups is 1. The molecule has 1 heterocycles. The fourth-order valence-electron chi connectivity index (χ4n) is 3.00. The van der Waals surface area contributed by atoms with Gasteiger partial charge in [0, 0.05) is 40.5 Å². The number of hydrogen-bond acceptors (Lipinski definition) is 4. The number of halogens is 2. The Morgan fingerprint density at radius 2 is 1.80 bits per heavy atom. The summed E-state index contributed by atoms with van der Waals surface area (Å²) in [5.74, 6) is 0.441. The standard InChI is InChI=1S/C18H25Cl2N3OS/c19-15-9-14(10-16(20)11-15)18(24)21-12-13-3-6-23(7-4-13)8-5-22-25-17-1-2-17/h9-11,13,17,22H,1-8,12H2,(H,21,24). The molecule has 1 amide bonds. The van der Waals surface area contributed by atoms with E-state index in [1.165, 1.54) is 12.8 Å². The molecule has 3 rings (SSSR count). The Kier molecular flexibility index (Phi) is 7.31. The highest BCUT2D eigenvalue weighted by atomic mass is 35.5. The van der Waals surface area contributed by atoms with Crippen LogP contribution in [0.25, 0.3) is 0 Å². The summed E-state index contributed by atoms with van der Waals surface area (Å²) >= 11 is 13.8. The molecule has 0 spiro atoms. The van der Waals surface area contributed by atoms with Crippen LogP contribution >= 0.6 is 35.1 Å². The highest BCUT2D eigenvalue weighted by molar-refractivity contribution is 7.98. The van der Waals surface area contributed by atoms with Crippen molar-refractivity contribution >= 4 is 41.1 Å². The van der Waals surface area contributed by atoms with E-state index in [0.717, 1.165) is 44.3 Å². The van der Waals surface area contributed by atoms with Crippen LogP contribution < -0.4 is 10.0 Å². The van der Waals surface area contributed by atoms with Gasteiger partial charge in [-0.15, -0.1) is 0 Å². The van der Waals surface area contributed by atoms with Crippen molar-refractivity contribution in [2.24, 2.45) is 5.92 Å². The van der Waals surface area contributed by atoms with Gasteiger partial charge < -0.3 is 10.2 Å². The van der Waals surface area contributed by atoms with E-state index in [1.807, 2.05) is 11.9 Å². The second-order valence-electron chi connectivity index (χ2n) is 6.86. The first-order valence-electron chi connectivity index (χ1n) is 8.95. The van der Waals surface area contributed by atoms with Gasteiger partial charge >= 0.3 is 0 Å². The number of carbonyl (C=O) groups excluding carboxylic acids is 1. The summed E-state index contributed by atoms with van der Waals surface area (Å²) in [6.07, 6.45) is 5.01. The van der Waals surface area contributed by atoms with Gasteiger partial charge in [0.25, 0.3) is 5.91 Å². The second kappa shape index (κ2) is 9.47. The topological polar surface area (TPSA) is 44.4 Å². The Balaban J connectivity index is 1.32. The van der Waals surface area contributed by atoms with Crippen molar-refractivity contribution in [1.29, 1.82) is 0 Å². The summed E-state index contributed by atoms with van der Waals surface area (Å²) in [5, 5.41) is 4.85. The van der Waals surface area contributed by atoms with Crippen LogP contribution in [0.15, 0.2) is 18.2 Å². The fraction of sp³-hybridized carbons (Fsp3) is 0.611. The van der Waals surface area contributed by atoms with Crippen molar-refractivity contribution in [2.75, 3.05) is 32.7 Å². The zero-order valence-corrected chi connectivity index (χ0v) is 16.6. The summed E-state index contributed by atoms with van der Waals surface area (Å²) in [6, 6.07) is 4.93. The van der Waals surface area contributed by atoms with Crippen LogP contribution in [0.3, 0.4) is 0 Å². The predicted octanol–water partition coefficient (Wildman–Crippen LogP) is 3.84.